The lowest BCUT2D eigenvalue weighted by molar-refractivity contribution is 0.265. The first kappa shape index (κ1) is 10.6. The molecule has 4 heteroatoms. The van der Waals surface area contributed by atoms with E-state index in [9.17, 15) is 4.39 Å². The van der Waals surface area contributed by atoms with Crippen LogP contribution in [0.2, 0.25) is 0 Å². The molecule has 13 heavy (non-hydrogen) atoms. The highest BCUT2D eigenvalue weighted by Gasteiger charge is 2.11. The minimum Gasteiger partial charge on any atom is -0.394 e. The van der Waals surface area contributed by atoms with E-state index in [-0.39, 0.29) is 12.4 Å². The fraction of sp³-hybridized carbons (Fsp3) is 0.333. The van der Waals surface area contributed by atoms with Crippen molar-refractivity contribution in [3.8, 4) is 0 Å². The highest BCUT2D eigenvalue weighted by Crippen LogP contribution is 2.23. The van der Waals surface area contributed by atoms with E-state index in [0.29, 0.717) is 10.0 Å². The van der Waals surface area contributed by atoms with Crippen LogP contribution in [0.1, 0.15) is 17.2 Å². The number of aliphatic hydroxyl groups is 1. The fourth-order valence-electron chi connectivity index (χ4n) is 1.06. The van der Waals surface area contributed by atoms with E-state index >= 15 is 0 Å². The molecule has 0 aliphatic rings. The summed E-state index contributed by atoms with van der Waals surface area (Å²) in [6.07, 6.45) is 0. The maximum Gasteiger partial charge on any atom is 0.129 e. The predicted octanol–water partition coefficient (Wildman–Crippen LogP) is 1.89. The van der Waals surface area contributed by atoms with Crippen LogP contribution in [0.25, 0.3) is 0 Å². The summed E-state index contributed by atoms with van der Waals surface area (Å²) in [5, 5.41) is 8.77. The van der Waals surface area contributed by atoms with Gasteiger partial charge in [-0.1, -0.05) is 22.0 Å². The van der Waals surface area contributed by atoms with Gasteiger partial charge in [0.1, 0.15) is 5.82 Å². The molecule has 0 aliphatic carbocycles. The molecule has 0 radical (unpaired) electrons. The smallest absolute Gasteiger partial charge is 0.129 e. The number of hydrogen-bond acceptors (Lipinski definition) is 2. The van der Waals surface area contributed by atoms with Crippen LogP contribution in [-0.2, 0) is 0 Å². The SMILES string of the molecule is Cc1cc(C(N)CO)c(F)cc1Br. The lowest BCUT2D eigenvalue weighted by atomic mass is 10.1. The van der Waals surface area contributed by atoms with Gasteiger partial charge in [0.15, 0.2) is 0 Å². The first-order chi connectivity index (χ1) is 6.06. The second kappa shape index (κ2) is 4.17. The summed E-state index contributed by atoms with van der Waals surface area (Å²) in [4.78, 5) is 0. The van der Waals surface area contributed by atoms with Crippen molar-refractivity contribution in [1.29, 1.82) is 0 Å². The van der Waals surface area contributed by atoms with Crippen LogP contribution < -0.4 is 5.73 Å². The zero-order valence-electron chi connectivity index (χ0n) is 7.22. The van der Waals surface area contributed by atoms with E-state index in [2.05, 4.69) is 15.9 Å². The highest BCUT2D eigenvalue weighted by atomic mass is 79.9. The first-order valence-electron chi connectivity index (χ1n) is 3.88. The third kappa shape index (κ3) is 2.27. The molecule has 0 amide bonds. The van der Waals surface area contributed by atoms with Crippen LogP contribution in [0, 0.1) is 12.7 Å². The Hall–Kier alpha value is -0.450. The van der Waals surface area contributed by atoms with Gasteiger partial charge in [-0.15, -0.1) is 0 Å². The molecule has 0 aliphatic heterocycles. The molecule has 0 heterocycles. The second-order valence-corrected chi connectivity index (χ2v) is 3.77. The standard InChI is InChI=1S/C9H11BrFNO/c1-5-2-6(9(12)4-13)8(11)3-7(5)10/h2-3,9,13H,4,12H2,1H3. The number of halogens is 2. The van der Waals surface area contributed by atoms with Crippen LogP contribution in [0.4, 0.5) is 4.39 Å². The van der Waals surface area contributed by atoms with Gasteiger partial charge in [0.25, 0.3) is 0 Å². The van der Waals surface area contributed by atoms with Gasteiger partial charge in [-0.2, -0.15) is 0 Å². The Balaban J connectivity index is 3.15. The summed E-state index contributed by atoms with van der Waals surface area (Å²) >= 11 is 3.21. The summed E-state index contributed by atoms with van der Waals surface area (Å²) in [7, 11) is 0. The Morgan fingerprint density at radius 2 is 2.23 bits per heavy atom. The van der Waals surface area contributed by atoms with Crippen molar-refractivity contribution in [1.82, 2.24) is 0 Å². The number of nitrogens with two attached hydrogens (primary N) is 1. The molecule has 2 nitrogen and oxygen atoms in total. The van der Waals surface area contributed by atoms with E-state index in [1.54, 1.807) is 6.07 Å². The van der Waals surface area contributed by atoms with Gasteiger partial charge in [0, 0.05) is 10.0 Å². The van der Waals surface area contributed by atoms with E-state index in [0.717, 1.165) is 5.56 Å². The van der Waals surface area contributed by atoms with Crippen molar-refractivity contribution < 1.29 is 9.50 Å². The van der Waals surface area contributed by atoms with E-state index < -0.39 is 6.04 Å². The van der Waals surface area contributed by atoms with Crippen molar-refractivity contribution in [2.45, 2.75) is 13.0 Å². The molecule has 1 rings (SSSR count). The van der Waals surface area contributed by atoms with Gasteiger partial charge in [-0.25, -0.2) is 4.39 Å². The lowest BCUT2D eigenvalue weighted by Gasteiger charge is -2.11. The molecule has 1 aromatic carbocycles. The molecule has 0 aromatic heterocycles. The van der Waals surface area contributed by atoms with E-state index in [4.69, 9.17) is 10.8 Å². The Morgan fingerprint density at radius 3 is 2.77 bits per heavy atom. The molecule has 72 valence electrons. The number of aliphatic hydroxyl groups excluding tert-OH is 1. The summed E-state index contributed by atoms with van der Waals surface area (Å²) in [5.74, 6) is -0.390. The van der Waals surface area contributed by atoms with Crippen molar-refractivity contribution >= 4 is 15.9 Å². The molecular weight excluding hydrogens is 237 g/mol. The summed E-state index contributed by atoms with van der Waals surface area (Å²) in [6.45, 7) is 1.59. The minimum absolute atomic E-state index is 0.252. The van der Waals surface area contributed by atoms with Crippen molar-refractivity contribution in [2.75, 3.05) is 6.61 Å². The Morgan fingerprint density at radius 1 is 1.62 bits per heavy atom. The van der Waals surface area contributed by atoms with Crippen LogP contribution in [-0.4, -0.2) is 11.7 Å². The molecule has 1 atom stereocenters. The zero-order chi connectivity index (χ0) is 10.0. The zero-order valence-corrected chi connectivity index (χ0v) is 8.81. The van der Waals surface area contributed by atoms with Gasteiger partial charge < -0.3 is 10.8 Å². The maximum atomic E-state index is 13.2. The monoisotopic (exact) mass is 247 g/mol. The van der Waals surface area contributed by atoms with Crippen molar-refractivity contribution in [3.63, 3.8) is 0 Å². The van der Waals surface area contributed by atoms with E-state index in [1.165, 1.54) is 6.07 Å². The third-order valence-corrected chi connectivity index (χ3v) is 2.73. The van der Waals surface area contributed by atoms with Crippen LogP contribution in [0.3, 0.4) is 0 Å². The molecule has 0 spiro atoms. The van der Waals surface area contributed by atoms with Gasteiger partial charge >= 0.3 is 0 Å². The summed E-state index contributed by atoms with van der Waals surface area (Å²) in [6, 6.07) is 2.35. The number of hydrogen-bond donors (Lipinski definition) is 2. The maximum absolute atomic E-state index is 13.2. The molecule has 0 saturated carbocycles. The molecular formula is C9H11BrFNO. The van der Waals surface area contributed by atoms with Gasteiger partial charge in [-0.05, 0) is 18.6 Å². The Kier molecular flexibility index (Phi) is 3.41. The third-order valence-electron chi connectivity index (χ3n) is 1.87. The summed E-state index contributed by atoms with van der Waals surface area (Å²) in [5.41, 5.74) is 6.76. The minimum atomic E-state index is -0.646. The average Bonchev–Trinajstić information content (AvgIpc) is 2.10. The normalized spacial score (nSPS) is 13.0. The molecule has 0 bridgehead atoms. The van der Waals surface area contributed by atoms with Crippen molar-refractivity contribution in [3.05, 3.63) is 33.5 Å². The quantitative estimate of drug-likeness (QED) is 0.839. The molecule has 1 unspecified atom stereocenters. The van der Waals surface area contributed by atoms with Gasteiger partial charge in [0.05, 0.1) is 12.6 Å². The largest absolute Gasteiger partial charge is 0.394 e. The lowest BCUT2D eigenvalue weighted by Crippen LogP contribution is -2.16. The number of benzene rings is 1. The van der Waals surface area contributed by atoms with Crippen LogP contribution >= 0.6 is 15.9 Å². The van der Waals surface area contributed by atoms with Crippen LogP contribution in [0.15, 0.2) is 16.6 Å². The highest BCUT2D eigenvalue weighted by molar-refractivity contribution is 9.10. The molecule has 3 N–H and O–H groups in total. The predicted molar refractivity (Wildman–Crippen MR) is 52.9 cm³/mol. The Labute approximate surface area is 84.7 Å². The molecule has 1 aromatic rings. The van der Waals surface area contributed by atoms with Gasteiger partial charge in [0.2, 0.25) is 0 Å². The first-order valence-corrected chi connectivity index (χ1v) is 4.67. The fourth-order valence-corrected chi connectivity index (χ4v) is 1.38. The molecule has 0 saturated heterocycles. The average molecular weight is 248 g/mol. The van der Waals surface area contributed by atoms with Crippen molar-refractivity contribution in [2.24, 2.45) is 5.73 Å². The second-order valence-electron chi connectivity index (χ2n) is 2.91. The van der Waals surface area contributed by atoms with Crippen LogP contribution in [0.5, 0.6) is 0 Å². The summed E-state index contributed by atoms with van der Waals surface area (Å²) < 4.78 is 14.0. The van der Waals surface area contributed by atoms with E-state index in [1.807, 2.05) is 6.92 Å². The molecule has 0 fully saturated rings. The number of aryl methyl sites for hydroxylation is 1. The topological polar surface area (TPSA) is 46.2 Å². The number of rotatable bonds is 2. The van der Waals surface area contributed by atoms with Gasteiger partial charge in [-0.3, -0.25) is 0 Å². The Bertz CT molecular complexity index is 317.